The predicted molar refractivity (Wildman–Crippen MR) is 75.2 cm³/mol. The average Bonchev–Trinajstić information content (AvgIpc) is 2.65. The lowest BCUT2D eigenvalue weighted by Gasteiger charge is -2.06. The summed E-state index contributed by atoms with van der Waals surface area (Å²) in [5.41, 5.74) is 3.54. The van der Waals surface area contributed by atoms with Crippen molar-refractivity contribution in [3.8, 4) is 5.75 Å². The average molecular weight is 311 g/mol. The Morgan fingerprint density at radius 3 is 2.94 bits per heavy atom. The summed E-state index contributed by atoms with van der Waals surface area (Å²) in [7, 11) is 0. The zero-order chi connectivity index (χ0) is 13.3. The molecule has 0 aromatic carbocycles. The number of aryl methyl sites for hydroxylation is 1. The molecule has 0 fully saturated rings. The molecule has 0 saturated heterocycles. The number of ether oxygens (including phenoxy) is 1. The molecule has 0 amide bonds. The van der Waals surface area contributed by atoms with Crippen molar-refractivity contribution in [2.45, 2.75) is 20.8 Å². The number of aromatic nitrogens is 2. The number of halogens is 1. The molecular weight excluding hydrogens is 296 g/mol. The second-order valence-corrected chi connectivity index (χ2v) is 4.78. The van der Waals surface area contributed by atoms with Gasteiger partial charge in [0.15, 0.2) is 0 Å². The van der Waals surface area contributed by atoms with E-state index in [4.69, 9.17) is 10.6 Å². The van der Waals surface area contributed by atoms with Crippen LogP contribution in [-0.2, 0) is 0 Å². The van der Waals surface area contributed by atoms with Crippen molar-refractivity contribution in [3.63, 3.8) is 0 Å². The third-order valence-corrected chi connectivity index (χ3v) is 3.30. The Morgan fingerprint density at radius 1 is 1.61 bits per heavy atom. The van der Waals surface area contributed by atoms with Crippen LogP contribution in [0.25, 0.3) is 5.52 Å². The topological polar surface area (TPSA) is 64.9 Å². The minimum Gasteiger partial charge on any atom is -0.492 e. The number of fused-ring (bicyclic) bond motifs is 1. The van der Waals surface area contributed by atoms with Gasteiger partial charge in [0.25, 0.3) is 0 Å². The van der Waals surface area contributed by atoms with Crippen LogP contribution in [0, 0.1) is 6.92 Å². The molecule has 2 N–H and O–H groups in total. The maximum atomic E-state index is 5.48. The van der Waals surface area contributed by atoms with Gasteiger partial charge in [-0.05, 0) is 42.8 Å². The Kier molecular flexibility index (Phi) is 3.56. The van der Waals surface area contributed by atoms with Crippen LogP contribution < -0.4 is 10.6 Å². The Balaban J connectivity index is 2.72. The van der Waals surface area contributed by atoms with Gasteiger partial charge in [0.2, 0.25) is 0 Å². The molecule has 2 rings (SSSR count). The van der Waals surface area contributed by atoms with Crippen molar-refractivity contribution in [3.05, 3.63) is 28.0 Å². The Labute approximate surface area is 114 Å². The van der Waals surface area contributed by atoms with Gasteiger partial charge in [0.1, 0.15) is 5.75 Å². The smallest absolute Gasteiger partial charge is 0.138 e. The number of hydrogen-bond acceptors (Lipinski definition) is 4. The molecule has 0 aliphatic heterocycles. The van der Waals surface area contributed by atoms with Gasteiger partial charge in [-0.15, -0.1) is 0 Å². The minimum absolute atomic E-state index is 0.619. The quantitative estimate of drug-likeness (QED) is 0.538. The van der Waals surface area contributed by atoms with Crippen LogP contribution in [0.15, 0.2) is 21.8 Å². The van der Waals surface area contributed by atoms with Crippen molar-refractivity contribution in [2.75, 3.05) is 6.61 Å². The van der Waals surface area contributed by atoms with Gasteiger partial charge in [0, 0.05) is 10.0 Å². The number of nitrogens with two attached hydrogens (primary N) is 1. The third-order valence-electron chi connectivity index (χ3n) is 2.70. The van der Waals surface area contributed by atoms with Gasteiger partial charge < -0.3 is 10.6 Å². The summed E-state index contributed by atoms with van der Waals surface area (Å²) in [6, 6.07) is 1.92. The van der Waals surface area contributed by atoms with Crippen LogP contribution in [0.3, 0.4) is 0 Å². The molecule has 5 nitrogen and oxygen atoms in total. The molecule has 2 heterocycles. The predicted octanol–water partition coefficient (Wildman–Crippen LogP) is 2.49. The maximum absolute atomic E-state index is 5.48. The highest BCUT2D eigenvalue weighted by Gasteiger charge is 2.15. The summed E-state index contributed by atoms with van der Waals surface area (Å²) in [6.07, 6.45) is 1.85. The fraction of sp³-hybridized carbons (Fsp3) is 0.333. The van der Waals surface area contributed by atoms with E-state index in [1.54, 1.807) is 4.52 Å². The molecule has 2 aromatic rings. The fourth-order valence-corrected chi connectivity index (χ4v) is 2.57. The van der Waals surface area contributed by atoms with Gasteiger partial charge in [-0.2, -0.15) is 10.2 Å². The summed E-state index contributed by atoms with van der Waals surface area (Å²) in [4.78, 5) is 0. The molecule has 6 heteroatoms. The van der Waals surface area contributed by atoms with Gasteiger partial charge in [-0.3, -0.25) is 0 Å². The van der Waals surface area contributed by atoms with Crippen molar-refractivity contribution < 1.29 is 4.74 Å². The largest absolute Gasteiger partial charge is 0.492 e. The molecule has 0 unspecified atom stereocenters. The number of hydrogen-bond donors (Lipinski definition) is 1. The number of nitrogens with zero attached hydrogens (tertiary/aromatic N) is 3. The number of pyridine rings is 1. The molecule has 0 atom stereocenters. The van der Waals surface area contributed by atoms with E-state index in [-0.39, 0.29) is 0 Å². The zero-order valence-electron chi connectivity index (χ0n) is 10.6. The Bertz CT molecular complexity index is 618. The SMILES string of the molecule is CCOc1cc(Br)c2c(/C(C)=N\N)c(C)nn2c1. The third kappa shape index (κ3) is 2.08. The zero-order valence-corrected chi connectivity index (χ0v) is 12.2. The molecule has 0 aliphatic rings. The lowest BCUT2D eigenvalue weighted by molar-refractivity contribution is 0.338. The van der Waals surface area contributed by atoms with Crippen LogP contribution in [0.5, 0.6) is 5.75 Å². The summed E-state index contributed by atoms with van der Waals surface area (Å²) < 4.78 is 8.18. The van der Waals surface area contributed by atoms with E-state index in [0.717, 1.165) is 32.7 Å². The molecular formula is C12H15BrN4O. The second kappa shape index (κ2) is 4.97. The Morgan fingerprint density at radius 2 is 2.33 bits per heavy atom. The van der Waals surface area contributed by atoms with Crippen molar-refractivity contribution in [2.24, 2.45) is 10.9 Å². The molecule has 18 heavy (non-hydrogen) atoms. The highest BCUT2D eigenvalue weighted by atomic mass is 79.9. The highest BCUT2D eigenvalue weighted by molar-refractivity contribution is 9.10. The van der Waals surface area contributed by atoms with E-state index in [2.05, 4.69) is 26.1 Å². The summed E-state index contributed by atoms with van der Waals surface area (Å²) in [6.45, 7) is 6.37. The Hall–Kier alpha value is -1.56. The highest BCUT2D eigenvalue weighted by Crippen LogP contribution is 2.28. The second-order valence-electron chi connectivity index (χ2n) is 3.92. The summed E-state index contributed by atoms with van der Waals surface area (Å²) >= 11 is 3.54. The molecule has 0 bridgehead atoms. The molecule has 0 spiro atoms. The van der Waals surface area contributed by atoms with Crippen LogP contribution >= 0.6 is 15.9 Å². The molecule has 0 radical (unpaired) electrons. The van der Waals surface area contributed by atoms with Gasteiger partial charge >= 0.3 is 0 Å². The summed E-state index contributed by atoms with van der Waals surface area (Å²) in [5, 5.41) is 8.21. The van der Waals surface area contributed by atoms with Gasteiger partial charge in [-0.25, -0.2) is 4.52 Å². The first kappa shape index (κ1) is 12.9. The first-order valence-corrected chi connectivity index (χ1v) is 6.44. The van der Waals surface area contributed by atoms with Gasteiger partial charge in [0.05, 0.1) is 29.7 Å². The minimum atomic E-state index is 0.619. The van der Waals surface area contributed by atoms with Crippen LogP contribution in [0.1, 0.15) is 25.1 Å². The molecule has 0 saturated carbocycles. The van der Waals surface area contributed by atoms with E-state index < -0.39 is 0 Å². The first-order chi connectivity index (χ1) is 8.58. The fourth-order valence-electron chi connectivity index (χ4n) is 1.96. The van der Waals surface area contributed by atoms with E-state index >= 15 is 0 Å². The van der Waals surface area contributed by atoms with Gasteiger partial charge in [-0.1, -0.05) is 0 Å². The van der Waals surface area contributed by atoms with E-state index in [1.165, 1.54) is 0 Å². The van der Waals surface area contributed by atoms with E-state index in [0.29, 0.717) is 6.61 Å². The first-order valence-electron chi connectivity index (χ1n) is 5.64. The molecule has 0 aliphatic carbocycles. The van der Waals surface area contributed by atoms with Crippen molar-refractivity contribution in [1.82, 2.24) is 9.61 Å². The maximum Gasteiger partial charge on any atom is 0.138 e. The van der Waals surface area contributed by atoms with Crippen molar-refractivity contribution >= 4 is 27.2 Å². The lowest BCUT2D eigenvalue weighted by atomic mass is 10.1. The normalized spacial score (nSPS) is 12.1. The lowest BCUT2D eigenvalue weighted by Crippen LogP contribution is -2.01. The van der Waals surface area contributed by atoms with E-state index in [1.807, 2.05) is 33.0 Å². The standard InChI is InChI=1S/C12H15BrN4O/c1-4-18-9-5-10(13)12-11(7(2)15-14)8(3)16-17(12)6-9/h5-6H,4,14H2,1-3H3/b15-7-. The van der Waals surface area contributed by atoms with Crippen molar-refractivity contribution in [1.29, 1.82) is 0 Å². The summed E-state index contributed by atoms with van der Waals surface area (Å²) in [5.74, 6) is 6.13. The molecule has 96 valence electrons. The van der Waals surface area contributed by atoms with Crippen LogP contribution in [-0.4, -0.2) is 21.9 Å². The monoisotopic (exact) mass is 310 g/mol. The number of rotatable bonds is 3. The van der Waals surface area contributed by atoms with E-state index in [9.17, 15) is 0 Å². The van der Waals surface area contributed by atoms with Crippen LogP contribution in [0.4, 0.5) is 0 Å². The number of hydrazone groups is 1. The van der Waals surface area contributed by atoms with Crippen LogP contribution in [0.2, 0.25) is 0 Å². The molecule has 2 aromatic heterocycles.